The number of esters is 1. The molecule has 2 aromatic carbocycles. The molecule has 2 aromatic rings. The average molecular weight is 384 g/mol. The van der Waals surface area contributed by atoms with Gasteiger partial charge in [-0.15, -0.1) is 0 Å². The van der Waals surface area contributed by atoms with Gasteiger partial charge < -0.3 is 10.1 Å². The SMILES string of the molecule is COC(=O)CC[C@H]1NC(=O)N(c2ccc(Sc3ccccc3)cc2C)C1=O. The third kappa shape index (κ3) is 4.31. The largest absolute Gasteiger partial charge is 0.469 e. The lowest BCUT2D eigenvalue weighted by Crippen LogP contribution is -2.32. The van der Waals surface area contributed by atoms with Gasteiger partial charge in [0.05, 0.1) is 12.8 Å². The maximum absolute atomic E-state index is 12.6. The number of rotatable bonds is 6. The number of anilines is 1. The van der Waals surface area contributed by atoms with Crippen LogP contribution < -0.4 is 10.2 Å². The zero-order chi connectivity index (χ0) is 19.4. The molecule has 1 aliphatic rings. The van der Waals surface area contributed by atoms with Crippen LogP contribution in [0.1, 0.15) is 18.4 Å². The summed E-state index contributed by atoms with van der Waals surface area (Å²) in [5, 5.41) is 2.64. The normalized spacial score (nSPS) is 16.4. The standard InChI is InChI=1S/C20H20N2O4S/c1-13-12-15(27-14-6-4-3-5-7-14)8-10-17(13)22-19(24)16(21-20(22)25)9-11-18(23)26-2/h3-8,10,12,16H,9,11H2,1-2H3,(H,21,25)/t16-/m1/s1. The number of aryl methyl sites for hydroxylation is 1. The van der Waals surface area contributed by atoms with Crippen LogP contribution in [0.15, 0.2) is 58.3 Å². The van der Waals surface area contributed by atoms with Crippen LogP contribution in [0, 0.1) is 6.92 Å². The fourth-order valence-corrected chi connectivity index (χ4v) is 3.82. The quantitative estimate of drug-likeness (QED) is 0.609. The number of amides is 3. The molecule has 3 rings (SSSR count). The van der Waals surface area contributed by atoms with E-state index >= 15 is 0 Å². The Balaban J connectivity index is 1.74. The second-order valence-corrected chi connectivity index (χ2v) is 7.30. The summed E-state index contributed by atoms with van der Waals surface area (Å²) >= 11 is 1.61. The van der Waals surface area contributed by atoms with Gasteiger partial charge in [0.25, 0.3) is 5.91 Å². The molecule has 0 unspecified atom stereocenters. The number of carbonyl (C=O) groups excluding carboxylic acids is 3. The molecule has 0 aromatic heterocycles. The summed E-state index contributed by atoms with van der Waals surface area (Å²) < 4.78 is 4.59. The summed E-state index contributed by atoms with van der Waals surface area (Å²) in [6.07, 6.45) is 0.293. The predicted octanol–water partition coefficient (Wildman–Crippen LogP) is 3.52. The van der Waals surface area contributed by atoms with Crippen molar-refractivity contribution in [2.45, 2.75) is 35.6 Å². The van der Waals surface area contributed by atoms with E-state index in [1.165, 1.54) is 7.11 Å². The number of benzene rings is 2. The molecule has 140 valence electrons. The Morgan fingerprint density at radius 1 is 1.15 bits per heavy atom. The first-order chi connectivity index (χ1) is 13.0. The molecule has 6 nitrogen and oxygen atoms in total. The van der Waals surface area contributed by atoms with Gasteiger partial charge >= 0.3 is 12.0 Å². The number of urea groups is 1. The Morgan fingerprint density at radius 2 is 1.89 bits per heavy atom. The number of carbonyl (C=O) groups is 3. The number of methoxy groups -OCH3 is 1. The molecule has 1 aliphatic heterocycles. The van der Waals surface area contributed by atoms with Crippen molar-refractivity contribution in [3.8, 4) is 0 Å². The molecule has 1 saturated heterocycles. The van der Waals surface area contributed by atoms with Crippen molar-refractivity contribution in [2.24, 2.45) is 0 Å². The molecule has 7 heteroatoms. The van der Waals surface area contributed by atoms with Gasteiger partial charge in [0.2, 0.25) is 0 Å². The molecule has 0 bridgehead atoms. The van der Waals surface area contributed by atoms with Crippen molar-refractivity contribution in [2.75, 3.05) is 12.0 Å². The van der Waals surface area contributed by atoms with Crippen LogP contribution in [0.4, 0.5) is 10.5 Å². The van der Waals surface area contributed by atoms with E-state index in [1.807, 2.05) is 49.4 Å². The Labute approximate surface area is 161 Å². The minimum atomic E-state index is -0.714. The van der Waals surface area contributed by atoms with E-state index in [-0.39, 0.29) is 18.7 Å². The molecule has 0 aliphatic carbocycles. The smallest absolute Gasteiger partial charge is 0.329 e. The number of hydrogen-bond donors (Lipinski definition) is 1. The first-order valence-electron chi connectivity index (χ1n) is 8.54. The van der Waals surface area contributed by atoms with Gasteiger partial charge in [-0.1, -0.05) is 30.0 Å². The highest BCUT2D eigenvalue weighted by Gasteiger charge is 2.39. The van der Waals surface area contributed by atoms with E-state index in [0.29, 0.717) is 5.69 Å². The second-order valence-electron chi connectivity index (χ2n) is 6.15. The minimum Gasteiger partial charge on any atom is -0.469 e. The monoisotopic (exact) mass is 384 g/mol. The molecule has 0 spiro atoms. The maximum Gasteiger partial charge on any atom is 0.329 e. The summed E-state index contributed by atoms with van der Waals surface area (Å²) in [5.74, 6) is -0.760. The molecule has 1 atom stereocenters. The van der Waals surface area contributed by atoms with Crippen LogP contribution in [0.25, 0.3) is 0 Å². The van der Waals surface area contributed by atoms with Crippen molar-refractivity contribution in [1.29, 1.82) is 0 Å². The van der Waals surface area contributed by atoms with Gasteiger partial charge in [-0.3, -0.25) is 9.59 Å². The predicted molar refractivity (Wildman–Crippen MR) is 103 cm³/mol. The van der Waals surface area contributed by atoms with Gasteiger partial charge in [0.15, 0.2) is 0 Å². The number of nitrogens with one attached hydrogen (secondary N) is 1. The lowest BCUT2D eigenvalue weighted by atomic mass is 10.1. The topological polar surface area (TPSA) is 75.7 Å². The number of hydrogen-bond acceptors (Lipinski definition) is 5. The second kappa shape index (κ2) is 8.26. The first kappa shape index (κ1) is 19.0. The Kier molecular flexibility index (Phi) is 5.81. The van der Waals surface area contributed by atoms with E-state index in [4.69, 9.17) is 0 Å². The van der Waals surface area contributed by atoms with Crippen molar-refractivity contribution in [3.63, 3.8) is 0 Å². The van der Waals surface area contributed by atoms with Crippen LogP contribution in [0.5, 0.6) is 0 Å². The van der Waals surface area contributed by atoms with Gasteiger partial charge in [-0.2, -0.15) is 0 Å². The lowest BCUT2D eigenvalue weighted by Gasteiger charge is -2.16. The minimum absolute atomic E-state index is 0.0761. The van der Waals surface area contributed by atoms with Crippen LogP contribution in [0.2, 0.25) is 0 Å². The molecular weight excluding hydrogens is 364 g/mol. The van der Waals surface area contributed by atoms with E-state index in [1.54, 1.807) is 17.8 Å². The highest BCUT2D eigenvalue weighted by molar-refractivity contribution is 7.99. The van der Waals surface area contributed by atoms with Gasteiger partial charge in [0.1, 0.15) is 6.04 Å². The van der Waals surface area contributed by atoms with Crippen molar-refractivity contribution >= 4 is 35.4 Å². The molecule has 0 saturated carbocycles. The molecule has 1 fully saturated rings. The van der Waals surface area contributed by atoms with Gasteiger partial charge in [-0.05, 0) is 49.2 Å². The number of ether oxygens (including phenoxy) is 1. The molecule has 27 heavy (non-hydrogen) atoms. The van der Waals surface area contributed by atoms with E-state index in [0.717, 1.165) is 20.3 Å². The van der Waals surface area contributed by atoms with Gasteiger partial charge in [0, 0.05) is 16.2 Å². The Bertz CT molecular complexity index is 870. The highest BCUT2D eigenvalue weighted by Crippen LogP contribution is 2.32. The molecular formula is C20H20N2O4S. The number of imide groups is 1. The molecule has 1 N–H and O–H groups in total. The maximum atomic E-state index is 12.6. The summed E-state index contributed by atoms with van der Waals surface area (Å²) in [4.78, 5) is 39.5. The zero-order valence-corrected chi connectivity index (χ0v) is 15.9. The third-order valence-corrected chi connectivity index (χ3v) is 5.27. The van der Waals surface area contributed by atoms with E-state index < -0.39 is 18.0 Å². The van der Waals surface area contributed by atoms with Crippen LogP contribution in [0.3, 0.4) is 0 Å². The van der Waals surface area contributed by atoms with Crippen LogP contribution in [-0.4, -0.2) is 31.1 Å². The molecule has 0 radical (unpaired) electrons. The van der Waals surface area contributed by atoms with Crippen molar-refractivity contribution in [3.05, 3.63) is 54.1 Å². The zero-order valence-electron chi connectivity index (χ0n) is 15.1. The number of nitrogens with zero attached hydrogens (tertiary/aromatic N) is 1. The van der Waals surface area contributed by atoms with Crippen LogP contribution in [-0.2, 0) is 14.3 Å². The lowest BCUT2D eigenvalue weighted by molar-refractivity contribution is -0.140. The van der Waals surface area contributed by atoms with Crippen molar-refractivity contribution in [1.82, 2.24) is 5.32 Å². The van der Waals surface area contributed by atoms with Gasteiger partial charge in [-0.25, -0.2) is 9.69 Å². The summed E-state index contributed by atoms with van der Waals surface area (Å²) in [7, 11) is 1.29. The summed E-state index contributed by atoms with van der Waals surface area (Å²) in [6, 6.07) is 14.4. The molecule has 1 heterocycles. The summed E-state index contributed by atoms with van der Waals surface area (Å²) in [6.45, 7) is 1.87. The van der Waals surface area contributed by atoms with Crippen molar-refractivity contribution < 1.29 is 19.1 Å². The highest BCUT2D eigenvalue weighted by atomic mass is 32.2. The fraction of sp³-hybridized carbons (Fsp3) is 0.250. The Morgan fingerprint density at radius 3 is 2.56 bits per heavy atom. The van der Waals surface area contributed by atoms with E-state index in [2.05, 4.69) is 10.1 Å². The third-order valence-electron chi connectivity index (χ3n) is 4.27. The first-order valence-corrected chi connectivity index (χ1v) is 9.36. The Hall–Kier alpha value is -2.80. The van der Waals surface area contributed by atoms with Crippen LogP contribution >= 0.6 is 11.8 Å². The fourth-order valence-electron chi connectivity index (χ4n) is 2.89. The van der Waals surface area contributed by atoms with E-state index in [9.17, 15) is 14.4 Å². The molecule has 3 amide bonds. The summed E-state index contributed by atoms with van der Waals surface area (Å²) in [5.41, 5.74) is 1.38. The average Bonchev–Trinajstić information content (AvgIpc) is 2.94.